The molecule has 0 aliphatic heterocycles. The molecule has 2 nitrogen and oxygen atoms in total. The van der Waals surface area contributed by atoms with Gasteiger partial charge in [0.1, 0.15) is 4.88 Å². The maximum Gasteiger partial charge on any atom is 0.348 e. The van der Waals surface area contributed by atoms with Crippen LogP contribution in [0.2, 0.25) is 0 Å². The predicted octanol–water partition coefficient (Wildman–Crippen LogP) is 2.35. The molecule has 1 N–H and O–H groups in total. The van der Waals surface area contributed by atoms with E-state index in [1.807, 2.05) is 0 Å². The summed E-state index contributed by atoms with van der Waals surface area (Å²) < 4.78 is 12.8. The van der Waals surface area contributed by atoms with Gasteiger partial charge in [0, 0.05) is 5.38 Å². The standard InChI is InChI=1S/C5H2BrFO2S/c6-2-1-10-4(3(2)7)5(8)9/h1H,(H,8,9). The minimum absolute atomic E-state index is 0.204. The third-order valence-electron chi connectivity index (χ3n) is 0.884. The number of thiophene rings is 1. The average molecular weight is 225 g/mol. The molecule has 0 aromatic carbocycles. The molecule has 0 radical (unpaired) electrons. The monoisotopic (exact) mass is 224 g/mol. The molecule has 1 aromatic rings. The summed E-state index contributed by atoms with van der Waals surface area (Å²) in [6.45, 7) is 0. The van der Waals surface area contributed by atoms with Gasteiger partial charge >= 0.3 is 5.97 Å². The van der Waals surface area contributed by atoms with Crippen LogP contribution in [0.5, 0.6) is 0 Å². The Bertz CT molecular complexity index is 271. The van der Waals surface area contributed by atoms with Gasteiger partial charge in [0.25, 0.3) is 0 Å². The van der Waals surface area contributed by atoms with Gasteiger partial charge in [-0.3, -0.25) is 0 Å². The fourth-order valence-electron chi connectivity index (χ4n) is 0.467. The molecular weight excluding hydrogens is 223 g/mol. The number of rotatable bonds is 1. The van der Waals surface area contributed by atoms with E-state index in [1.54, 1.807) is 0 Å². The first-order valence-electron chi connectivity index (χ1n) is 2.28. The number of carbonyl (C=O) groups is 1. The first-order chi connectivity index (χ1) is 4.63. The summed E-state index contributed by atoms with van der Waals surface area (Å²) in [5.41, 5.74) is 0. The smallest absolute Gasteiger partial charge is 0.348 e. The molecule has 0 saturated carbocycles. The van der Waals surface area contributed by atoms with Crippen molar-refractivity contribution in [2.24, 2.45) is 0 Å². The normalized spacial score (nSPS) is 9.80. The second-order valence-corrected chi connectivity index (χ2v) is 3.27. The van der Waals surface area contributed by atoms with E-state index in [0.29, 0.717) is 0 Å². The van der Waals surface area contributed by atoms with Crippen molar-refractivity contribution in [1.29, 1.82) is 0 Å². The molecule has 0 saturated heterocycles. The second kappa shape index (κ2) is 2.67. The Morgan fingerprint density at radius 3 is 2.60 bits per heavy atom. The summed E-state index contributed by atoms with van der Waals surface area (Å²) in [4.78, 5) is 9.93. The van der Waals surface area contributed by atoms with Gasteiger partial charge in [-0.05, 0) is 15.9 Å². The molecule has 0 fully saturated rings. The summed E-state index contributed by atoms with van der Waals surface area (Å²) in [6.07, 6.45) is 0. The van der Waals surface area contributed by atoms with Crippen molar-refractivity contribution in [2.75, 3.05) is 0 Å². The molecule has 1 aromatic heterocycles. The lowest BCUT2D eigenvalue weighted by Crippen LogP contribution is -1.94. The molecule has 0 aliphatic carbocycles. The summed E-state index contributed by atoms with van der Waals surface area (Å²) in [7, 11) is 0. The van der Waals surface area contributed by atoms with Gasteiger partial charge in [-0.25, -0.2) is 9.18 Å². The molecule has 5 heteroatoms. The van der Waals surface area contributed by atoms with Crippen LogP contribution in [0, 0.1) is 5.82 Å². The number of hydrogen-bond acceptors (Lipinski definition) is 2. The van der Waals surface area contributed by atoms with Crippen LogP contribution in [0.15, 0.2) is 9.85 Å². The Morgan fingerprint density at radius 2 is 2.40 bits per heavy atom. The molecule has 0 bridgehead atoms. The third-order valence-corrected chi connectivity index (χ3v) is 2.71. The van der Waals surface area contributed by atoms with E-state index in [-0.39, 0.29) is 9.35 Å². The lowest BCUT2D eigenvalue weighted by molar-refractivity contribution is 0.0697. The maximum atomic E-state index is 12.6. The van der Waals surface area contributed by atoms with Gasteiger partial charge in [-0.2, -0.15) is 0 Å². The Labute approximate surface area is 68.4 Å². The van der Waals surface area contributed by atoms with Crippen LogP contribution < -0.4 is 0 Å². The summed E-state index contributed by atoms with van der Waals surface area (Å²) in [6, 6.07) is 0. The highest BCUT2D eigenvalue weighted by atomic mass is 79.9. The van der Waals surface area contributed by atoms with Crippen molar-refractivity contribution in [3.05, 3.63) is 20.5 Å². The van der Waals surface area contributed by atoms with Crippen molar-refractivity contribution in [1.82, 2.24) is 0 Å². The van der Waals surface area contributed by atoms with Crippen molar-refractivity contribution >= 4 is 33.2 Å². The Kier molecular flexibility index (Phi) is 2.05. The highest BCUT2D eigenvalue weighted by molar-refractivity contribution is 9.10. The zero-order chi connectivity index (χ0) is 7.72. The molecular formula is C5H2BrFO2S. The van der Waals surface area contributed by atoms with E-state index in [1.165, 1.54) is 5.38 Å². The first kappa shape index (κ1) is 7.68. The van der Waals surface area contributed by atoms with E-state index in [0.717, 1.165) is 11.3 Å². The Balaban J connectivity index is 3.17. The van der Waals surface area contributed by atoms with E-state index < -0.39 is 11.8 Å². The molecule has 0 spiro atoms. The second-order valence-electron chi connectivity index (χ2n) is 1.53. The van der Waals surface area contributed by atoms with Gasteiger partial charge in [0.2, 0.25) is 0 Å². The van der Waals surface area contributed by atoms with Crippen LogP contribution in [-0.4, -0.2) is 11.1 Å². The number of hydrogen-bond donors (Lipinski definition) is 1. The SMILES string of the molecule is O=C(O)c1scc(Br)c1F. The van der Waals surface area contributed by atoms with Crippen molar-refractivity contribution in [3.8, 4) is 0 Å². The number of carboxylic acids is 1. The van der Waals surface area contributed by atoms with Gasteiger partial charge in [-0.1, -0.05) is 0 Å². The van der Waals surface area contributed by atoms with Crippen LogP contribution in [0.25, 0.3) is 0 Å². The highest BCUT2D eigenvalue weighted by Gasteiger charge is 2.14. The fraction of sp³-hybridized carbons (Fsp3) is 0. The van der Waals surface area contributed by atoms with Crippen LogP contribution in [-0.2, 0) is 0 Å². The zero-order valence-corrected chi connectivity index (χ0v) is 7.00. The van der Waals surface area contributed by atoms with Gasteiger partial charge in [-0.15, -0.1) is 11.3 Å². The lowest BCUT2D eigenvalue weighted by Gasteiger charge is -1.85. The summed E-state index contributed by atoms with van der Waals surface area (Å²) >= 11 is 3.72. The molecule has 0 atom stereocenters. The molecule has 1 rings (SSSR count). The Morgan fingerprint density at radius 1 is 1.80 bits per heavy atom. The number of carboxylic acid groups (broad SMARTS) is 1. The average Bonchev–Trinajstić information content (AvgIpc) is 2.14. The van der Waals surface area contributed by atoms with Crippen LogP contribution in [0.1, 0.15) is 9.67 Å². The largest absolute Gasteiger partial charge is 0.477 e. The van der Waals surface area contributed by atoms with Crippen LogP contribution in [0.3, 0.4) is 0 Å². The molecule has 1 heterocycles. The van der Waals surface area contributed by atoms with Gasteiger partial charge < -0.3 is 5.11 Å². The minimum atomic E-state index is -1.23. The summed E-state index contributed by atoms with van der Waals surface area (Å²) in [5, 5.41) is 9.73. The van der Waals surface area contributed by atoms with Gasteiger partial charge in [0.05, 0.1) is 4.47 Å². The van der Waals surface area contributed by atoms with Crippen molar-refractivity contribution < 1.29 is 14.3 Å². The molecule has 0 aliphatic rings. The van der Waals surface area contributed by atoms with E-state index in [2.05, 4.69) is 15.9 Å². The number of halogens is 2. The quantitative estimate of drug-likeness (QED) is 0.796. The fourth-order valence-corrected chi connectivity index (χ4v) is 1.72. The molecule has 0 amide bonds. The summed E-state index contributed by atoms with van der Waals surface area (Å²) in [5.74, 6) is -1.93. The topological polar surface area (TPSA) is 37.3 Å². The Hall–Kier alpha value is -0.420. The minimum Gasteiger partial charge on any atom is -0.477 e. The number of aromatic carboxylic acids is 1. The van der Waals surface area contributed by atoms with Crippen LogP contribution in [0.4, 0.5) is 4.39 Å². The van der Waals surface area contributed by atoms with E-state index in [9.17, 15) is 9.18 Å². The van der Waals surface area contributed by atoms with Crippen molar-refractivity contribution in [2.45, 2.75) is 0 Å². The van der Waals surface area contributed by atoms with Gasteiger partial charge in [0.15, 0.2) is 5.82 Å². The predicted molar refractivity (Wildman–Crippen MR) is 38.9 cm³/mol. The maximum absolute atomic E-state index is 12.6. The zero-order valence-electron chi connectivity index (χ0n) is 4.60. The molecule has 10 heavy (non-hydrogen) atoms. The molecule has 0 unspecified atom stereocenters. The van der Waals surface area contributed by atoms with E-state index in [4.69, 9.17) is 5.11 Å². The van der Waals surface area contributed by atoms with E-state index >= 15 is 0 Å². The van der Waals surface area contributed by atoms with Crippen molar-refractivity contribution in [3.63, 3.8) is 0 Å². The van der Waals surface area contributed by atoms with Crippen LogP contribution >= 0.6 is 27.3 Å². The first-order valence-corrected chi connectivity index (χ1v) is 3.96. The lowest BCUT2D eigenvalue weighted by atomic mass is 10.4. The highest BCUT2D eigenvalue weighted by Crippen LogP contribution is 2.25. The molecule has 54 valence electrons. The third kappa shape index (κ3) is 1.19.